The van der Waals surface area contributed by atoms with Gasteiger partial charge >= 0.3 is 0 Å². The third-order valence-electron chi connectivity index (χ3n) is 5.79. The molecule has 1 N–H and O–H groups in total. The minimum Gasteiger partial charge on any atom is -0.489 e. The largest absolute Gasteiger partial charge is 0.489 e. The van der Waals surface area contributed by atoms with Gasteiger partial charge in [-0.05, 0) is 36.6 Å². The summed E-state index contributed by atoms with van der Waals surface area (Å²) in [6.07, 6.45) is 2.03. The Labute approximate surface area is 169 Å². The molecule has 0 saturated carbocycles. The summed E-state index contributed by atoms with van der Waals surface area (Å²) in [6.45, 7) is 4.59. The molecule has 1 fully saturated rings. The number of carbonyl (C=O) groups is 2. The van der Waals surface area contributed by atoms with E-state index in [1.54, 1.807) is 11.0 Å². The van der Waals surface area contributed by atoms with Crippen molar-refractivity contribution < 1.29 is 19.1 Å². The summed E-state index contributed by atoms with van der Waals surface area (Å²) in [7, 11) is 0. The van der Waals surface area contributed by atoms with Crippen LogP contribution in [-0.4, -0.2) is 35.5 Å². The van der Waals surface area contributed by atoms with Gasteiger partial charge in [-0.3, -0.25) is 9.59 Å². The smallest absolute Gasteiger partial charge is 0.255 e. The van der Waals surface area contributed by atoms with Crippen molar-refractivity contribution in [3.8, 4) is 11.5 Å². The topological polar surface area (TPSA) is 67.9 Å². The maximum Gasteiger partial charge on any atom is 0.255 e. The third-order valence-corrected chi connectivity index (χ3v) is 5.79. The van der Waals surface area contributed by atoms with E-state index in [0.29, 0.717) is 43.0 Å². The van der Waals surface area contributed by atoms with Crippen LogP contribution in [0.5, 0.6) is 11.5 Å². The molecule has 2 aromatic carbocycles. The Hall–Kier alpha value is -3.28. The highest BCUT2D eigenvalue weighted by atomic mass is 16.5. The molecular formula is C23H22N2O4. The first-order chi connectivity index (χ1) is 14.1. The molecule has 148 valence electrons. The first-order valence-corrected chi connectivity index (χ1v) is 9.89. The van der Waals surface area contributed by atoms with Crippen molar-refractivity contribution in [3.63, 3.8) is 0 Å². The van der Waals surface area contributed by atoms with Gasteiger partial charge in [-0.25, -0.2) is 0 Å². The molecule has 2 unspecified atom stereocenters. The Morgan fingerprint density at radius 1 is 1.17 bits per heavy atom. The number of hydrogen-bond donors (Lipinski definition) is 1. The SMILES string of the molecule is C=C1CCC(N2Cc3c(OCC4Cc5ccccc5O4)cccc3C2=O)C(=O)N1. The van der Waals surface area contributed by atoms with Crippen LogP contribution in [0.25, 0.3) is 0 Å². The number of allylic oxidation sites excluding steroid dienone is 1. The Morgan fingerprint density at radius 3 is 2.86 bits per heavy atom. The summed E-state index contributed by atoms with van der Waals surface area (Å²) in [5.74, 6) is 1.30. The lowest BCUT2D eigenvalue weighted by Gasteiger charge is -2.31. The molecule has 0 radical (unpaired) electrons. The van der Waals surface area contributed by atoms with E-state index in [1.165, 1.54) is 5.56 Å². The van der Waals surface area contributed by atoms with Crippen LogP contribution in [0.15, 0.2) is 54.7 Å². The first kappa shape index (κ1) is 17.8. The molecule has 0 bridgehead atoms. The number of fused-ring (bicyclic) bond motifs is 2. The fourth-order valence-electron chi connectivity index (χ4n) is 4.30. The van der Waals surface area contributed by atoms with Crippen LogP contribution < -0.4 is 14.8 Å². The molecule has 2 amide bonds. The number of piperidine rings is 1. The number of hydrogen-bond acceptors (Lipinski definition) is 4. The van der Waals surface area contributed by atoms with Gasteiger partial charge in [0, 0.05) is 23.2 Å². The van der Waals surface area contributed by atoms with Crippen molar-refractivity contribution in [2.24, 2.45) is 0 Å². The molecule has 0 aromatic heterocycles. The fourth-order valence-corrected chi connectivity index (χ4v) is 4.30. The highest BCUT2D eigenvalue weighted by Crippen LogP contribution is 2.35. The molecule has 29 heavy (non-hydrogen) atoms. The molecule has 2 atom stereocenters. The summed E-state index contributed by atoms with van der Waals surface area (Å²) in [6, 6.07) is 13.0. The molecule has 3 aliphatic rings. The molecule has 6 heteroatoms. The Bertz CT molecular complexity index is 991. The predicted octanol–water partition coefficient (Wildman–Crippen LogP) is 2.82. The predicted molar refractivity (Wildman–Crippen MR) is 107 cm³/mol. The number of para-hydroxylation sites is 1. The summed E-state index contributed by atoms with van der Waals surface area (Å²) >= 11 is 0. The zero-order valence-corrected chi connectivity index (χ0v) is 16.0. The van der Waals surface area contributed by atoms with Crippen LogP contribution in [0.4, 0.5) is 0 Å². The summed E-state index contributed by atoms with van der Waals surface area (Å²) in [4.78, 5) is 26.9. The van der Waals surface area contributed by atoms with Gasteiger partial charge in [0.15, 0.2) is 0 Å². The number of nitrogens with one attached hydrogen (secondary N) is 1. The number of benzene rings is 2. The maximum atomic E-state index is 12.9. The van der Waals surface area contributed by atoms with Crippen molar-refractivity contribution >= 4 is 11.8 Å². The highest BCUT2D eigenvalue weighted by Gasteiger charge is 2.39. The molecule has 0 aliphatic carbocycles. The van der Waals surface area contributed by atoms with Crippen molar-refractivity contribution in [1.82, 2.24) is 10.2 Å². The van der Waals surface area contributed by atoms with Crippen molar-refractivity contribution in [2.45, 2.75) is 38.0 Å². The minimum absolute atomic E-state index is 0.0494. The molecule has 3 heterocycles. The van der Waals surface area contributed by atoms with E-state index < -0.39 is 6.04 Å². The number of nitrogens with zero attached hydrogens (tertiary/aromatic N) is 1. The van der Waals surface area contributed by atoms with Crippen LogP contribution >= 0.6 is 0 Å². The van der Waals surface area contributed by atoms with Gasteiger partial charge in [-0.1, -0.05) is 30.8 Å². The van der Waals surface area contributed by atoms with E-state index in [4.69, 9.17) is 9.47 Å². The molecule has 1 saturated heterocycles. The molecular weight excluding hydrogens is 368 g/mol. The second-order valence-electron chi connectivity index (χ2n) is 7.73. The second-order valence-corrected chi connectivity index (χ2v) is 7.73. The van der Waals surface area contributed by atoms with Gasteiger partial charge in [-0.2, -0.15) is 0 Å². The quantitative estimate of drug-likeness (QED) is 0.872. The summed E-state index contributed by atoms with van der Waals surface area (Å²) in [5.41, 5.74) is 3.34. The van der Waals surface area contributed by atoms with E-state index in [2.05, 4.69) is 18.0 Å². The summed E-state index contributed by atoms with van der Waals surface area (Å²) < 4.78 is 12.0. The third kappa shape index (κ3) is 3.14. The lowest BCUT2D eigenvalue weighted by molar-refractivity contribution is -0.126. The Kier molecular flexibility index (Phi) is 4.27. The van der Waals surface area contributed by atoms with Gasteiger partial charge in [0.1, 0.15) is 30.3 Å². The minimum atomic E-state index is -0.471. The molecule has 5 rings (SSSR count). The number of amides is 2. The zero-order valence-electron chi connectivity index (χ0n) is 16.0. The van der Waals surface area contributed by atoms with E-state index in [1.807, 2.05) is 30.3 Å². The normalized spacial score (nSPS) is 22.8. The van der Waals surface area contributed by atoms with Gasteiger partial charge in [0.2, 0.25) is 5.91 Å². The van der Waals surface area contributed by atoms with Gasteiger partial charge in [0.05, 0.1) is 6.54 Å². The van der Waals surface area contributed by atoms with Crippen molar-refractivity contribution in [1.29, 1.82) is 0 Å². The van der Waals surface area contributed by atoms with Crippen LogP contribution in [0.3, 0.4) is 0 Å². The number of carbonyl (C=O) groups excluding carboxylic acids is 2. The first-order valence-electron chi connectivity index (χ1n) is 9.89. The van der Waals surface area contributed by atoms with Crippen LogP contribution in [0, 0.1) is 0 Å². The second kappa shape index (κ2) is 6.95. The average molecular weight is 390 g/mol. The van der Waals surface area contributed by atoms with E-state index >= 15 is 0 Å². The zero-order chi connectivity index (χ0) is 20.0. The van der Waals surface area contributed by atoms with Gasteiger partial charge in [0.25, 0.3) is 5.91 Å². The maximum absolute atomic E-state index is 12.9. The molecule has 0 spiro atoms. The standard InChI is InChI=1S/C23H22N2O4/c1-14-9-10-19(22(26)24-14)25-12-18-17(23(25)27)6-4-8-21(18)28-13-16-11-15-5-2-3-7-20(15)29-16/h2-8,16,19H,1,9-13H2,(H,24,26). The highest BCUT2D eigenvalue weighted by molar-refractivity contribution is 6.02. The van der Waals surface area contributed by atoms with E-state index in [9.17, 15) is 9.59 Å². The van der Waals surface area contributed by atoms with Gasteiger partial charge < -0.3 is 19.7 Å². The molecule has 3 aliphatic heterocycles. The number of rotatable bonds is 4. The number of ether oxygens (including phenoxy) is 2. The Morgan fingerprint density at radius 2 is 2.03 bits per heavy atom. The average Bonchev–Trinajstić information content (AvgIpc) is 3.28. The Balaban J connectivity index is 1.30. The van der Waals surface area contributed by atoms with Gasteiger partial charge in [-0.15, -0.1) is 0 Å². The van der Waals surface area contributed by atoms with E-state index in [-0.39, 0.29) is 17.9 Å². The lowest BCUT2D eigenvalue weighted by Crippen LogP contribution is -2.49. The van der Waals surface area contributed by atoms with Crippen molar-refractivity contribution in [2.75, 3.05) is 6.61 Å². The molecule has 2 aromatic rings. The van der Waals surface area contributed by atoms with E-state index in [0.717, 1.165) is 17.7 Å². The van der Waals surface area contributed by atoms with Crippen LogP contribution in [0.2, 0.25) is 0 Å². The fraction of sp³-hybridized carbons (Fsp3) is 0.304. The van der Waals surface area contributed by atoms with Crippen molar-refractivity contribution in [3.05, 3.63) is 71.4 Å². The van der Waals surface area contributed by atoms with Crippen LogP contribution in [0.1, 0.15) is 34.3 Å². The monoisotopic (exact) mass is 390 g/mol. The lowest BCUT2D eigenvalue weighted by atomic mass is 10.0. The molecule has 6 nitrogen and oxygen atoms in total. The van der Waals surface area contributed by atoms with Crippen LogP contribution in [-0.2, 0) is 17.8 Å². The summed E-state index contributed by atoms with van der Waals surface area (Å²) in [5, 5.41) is 2.76.